The Morgan fingerprint density at radius 2 is 1.95 bits per heavy atom. The second-order valence-corrected chi connectivity index (χ2v) is 5.36. The molecule has 0 fully saturated rings. The number of para-hydroxylation sites is 1. The van der Waals surface area contributed by atoms with Gasteiger partial charge in [-0.05, 0) is 38.4 Å². The van der Waals surface area contributed by atoms with Crippen molar-refractivity contribution in [2.24, 2.45) is 0 Å². The van der Waals surface area contributed by atoms with E-state index in [4.69, 9.17) is 9.84 Å². The van der Waals surface area contributed by atoms with E-state index >= 15 is 0 Å². The van der Waals surface area contributed by atoms with E-state index in [-0.39, 0.29) is 19.0 Å². The highest BCUT2D eigenvalue weighted by Gasteiger charge is 2.10. The number of aliphatic hydroxyl groups excluding tert-OH is 2. The quantitative estimate of drug-likeness (QED) is 0.405. The van der Waals surface area contributed by atoms with Gasteiger partial charge in [-0.25, -0.2) is 0 Å². The molecule has 0 heterocycles. The molecular weight excluding hydrogens is 282 g/mol. The Balaban J connectivity index is 2.18. The Bertz CT molecular complexity index is 436. The van der Waals surface area contributed by atoms with Crippen LogP contribution < -0.4 is 10.1 Å². The first-order chi connectivity index (χ1) is 10.6. The van der Waals surface area contributed by atoms with Crippen LogP contribution in [0.1, 0.15) is 43.0 Å². The van der Waals surface area contributed by atoms with E-state index < -0.39 is 6.10 Å². The molecule has 0 aromatic heterocycles. The van der Waals surface area contributed by atoms with E-state index in [0.29, 0.717) is 17.9 Å². The maximum atomic E-state index is 11.5. The minimum Gasteiger partial charge on any atom is -0.490 e. The third-order valence-corrected chi connectivity index (χ3v) is 3.34. The predicted molar refractivity (Wildman–Crippen MR) is 86.4 cm³/mol. The van der Waals surface area contributed by atoms with Crippen molar-refractivity contribution in [1.29, 1.82) is 0 Å². The average molecular weight is 309 g/mol. The maximum absolute atomic E-state index is 11.5. The Morgan fingerprint density at radius 3 is 2.68 bits per heavy atom. The second kappa shape index (κ2) is 11.2. The van der Waals surface area contributed by atoms with Gasteiger partial charge in [0, 0.05) is 13.2 Å². The molecule has 1 aromatic carbocycles. The monoisotopic (exact) mass is 309 g/mol. The number of hydrogen-bond donors (Lipinski definition) is 3. The molecule has 0 bridgehead atoms. The molecule has 0 saturated heterocycles. The van der Waals surface area contributed by atoms with E-state index in [1.807, 2.05) is 0 Å². The molecule has 5 heteroatoms. The molecule has 0 spiro atoms. The molecule has 0 aliphatic carbocycles. The summed E-state index contributed by atoms with van der Waals surface area (Å²) in [6, 6.07) is 7.05. The summed E-state index contributed by atoms with van der Waals surface area (Å²) < 4.78 is 5.53. The second-order valence-electron chi connectivity index (χ2n) is 5.36. The summed E-state index contributed by atoms with van der Waals surface area (Å²) in [4.78, 5) is 11.5. The number of rotatable bonds is 12. The summed E-state index contributed by atoms with van der Waals surface area (Å²) in [5, 5.41) is 21.7. The van der Waals surface area contributed by atoms with Gasteiger partial charge >= 0.3 is 0 Å². The number of carbonyl (C=O) groups is 1. The molecule has 1 unspecified atom stereocenters. The van der Waals surface area contributed by atoms with Crippen LogP contribution >= 0.6 is 0 Å². The van der Waals surface area contributed by atoms with E-state index in [0.717, 1.165) is 32.2 Å². The first-order valence-electron chi connectivity index (χ1n) is 7.87. The predicted octanol–water partition coefficient (Wildman–Crippen LogP) is 1.77. The van der Waals surface area contributed by atoms with Gasteiger partial charge in [0.2, 0.25) is 0 Å². The number of unbranched alkanes of at least 4 members (excludes halogenated alkanes) is 3. The lowest BCUT2D eigenvalue weighted by molar-refractivity contribution is 0.0973. The first kappa shape index (κ1) is 18.6. The molecule has 1 aromatic rings. The summed E-state index contributed by atoms with van der Waals surface area (Å²) in [6.45, 7) is 3.21. The molecule has 1 atom stereocenters. The molecule has 5 nitrogen and oxygen atoms in total. The fraction of sp³-hybridized carbons (Fsp3) is 0.588. The topological polar surface area (TPSA) is 78.8 Å². The van der Waals surface area contributed by atoms with Crippen molar-refractivity contribution in [3.8, 4) is 5.75 Å². The zero-order valence-corrected chi connectivity index (χ0v) is 13.3. The lowest BCUT2D eigenvalue weighted by Gasteiger charge is -2.14. The van der Waals surface area contributed by atoms with Crippen LogP contribution in [0.5, 0.6) is 5.75 Å². The number of ketones is 1. The largest absolute Gasteiger partial charge is 0.490 e. The van der Waals surface area contributed by atoms with Gasteiger partial charge in [0.05, 0.1) is 5.56 Å². The van der Waals surface area contributed by atoms with E-state index in [1.165, 1.54) is 6.92 Å². The smallest absolute Gasteiger partial charge is 0.163 e. The summed E-state index contributed by atoms with van der Waals surface area (Å²) in [6.07, 6.45) is 3.38. The number of aliphatic hydroxyl groups is 2. The molecule has 0 aliphatic heterocycles. The minimum absolute atomic E-state index is 0.0499. The van der Waals surface area contributed by atoms with Crippen molar-refractivity contribution in [3.05, 3.63) is 29.8 Å². The minimum atomic E-state index is -0.613. The third-order valence-electron chi connectivity index (χ3n) is 3.34. The van der Waals surface area contributed by atoms with Crippen LogP contribution in [-0.2, 0) is 0 Å². The van der Waals surface area contributed by atoms with Gasteiger partial charge in [0.15, 0.2) is 5.78 Å². The molecule has 0 amide bonds. The van der Waals surface area contributed by atoms with Crippen LogP contribution in [0, 0.1) is 0 Å². The first-order valence-corrected chi connectivity index (χ1v) is 7.87. The lowest BCUT2D eigenvalue weighted by Crippen LogP contribution is -2.32. The Morgan fingerprint density at radius 1 is 1.23 bits per heavy atom. The van der Waals surface area contributed by atoms with Gasteiger partial charge < -0.3 is 20.3 Å². The van der Waals surface area contributed by atoms with Crippen molar-refractivity contribution in [3.63, 3.8) is 0 Å². The fourth-order valence-corrected chi connectivity index (χ4v) is 2.11. The Hall–Kier alpha value is -1.43. The molecule has 1 rings (SSSR count). The van der Waals surface area contributed by atoms with Gasteiger partial charge in [0.1, 0.15) is 18.5 Å². The number of carbonyl (C=O) groups excluding carboxylic acids is 1. The van der Waals surface area contributed by atoms with Gasteiger partial charge in [-0.2, -0.15) is 0 Å². The van der Waals surface area contributed by atoms with Crippen LogP contribution in [0.3, 0.4) is 0 Å². The summed E-state index contributed by atoms with van der Waals surface area (Å²) in [7, 11) is 0. The number of Topliss-reactive ketones (excluding diaryl/α,β-unsaturated/α-hetero) is 1. The molecular formula is C17H27NO4. The van der Waals surface area contributed by atoms with Gasteiger partial charge in [-0.3, -0.25) is 4.79 Å². The van der Waals surface area contributed by atoms with Crippen LogP contribution in [0.2, 0.25) is 0 Å². The number of benzene rings is 1. The van der Waals surface area contributed by atoms with Crippen LogP contribution in [0.15, 0.2) is 24.3 Å². The lowest BCUT2D eigenvalue weighted by atomic mass is 10.1. The van der Waals surface area contributed by atoms with Crippen molar-refractivity contribution < 1.29 is 19.7 Å². The zero-order chi connectivity index (χ0) is 16.2. The van der Waals surface area contributed by atoms with Gasteiger partial charge in [0.25, 0.3) is 0 Å². The maximum Gasteiger partial charge on any atom is 0.163 e. The Labute approximate surface area is 132 Å². The van der Waals surface area contributed by atoms with E-state index in [2.05, 4.69) is 5.32 Å². The van der Waals surface area contributed by atoms with Gasteiger partial charge in [-0.1, -0.05) is 25.0 Å². The Kier molecular flexibility index (Phi) is 9.46. The van der Waals surface area contributed by atoms with E-state index in [9.17, 15) is 9.90 Å². The van der Waals surface area contributed by atoms with Crippen LogP contribution in [0.4, 0.5) is 0 Å². The molecule has 0 saturated carbocycles. The highest BCUT2D eigenvalue weighted by atomic mass is 16.5. The number of ether oxygens (including phenoxy) is 1. The highest BCUT2D eigenvalue weighted by Crippen LogP contribution is 2.18. The normalized spacial score (nSPS) is 12.1. The molecule has 124 valence electrons. The standard InChI is InChI=1S/C17H27NO4/c1-14(20)16-8-4-5-9-17(16)22-13-15(21)12-18-10-6-2-3-7-11-19/h4-5,8-9,15,18-19,21H,2-3,6-7,10-13H2,1H3. The van der Waals surface area contributed by atoms with Crippen molar-refractivity contribution in [1.82, 2.24) is 5.32 Å². The van der Waals surface area contributed by atoms with Crippen molar-refractivity contribution >= 4 is 5.78 Å². The van der Waals surface area contributed by atoms with Crippen molar-refractivity contribution in [2.75, 3.05) is 26.3 Å². The zero-order valence-electron chi connectivity index (χ0n) is 13.3. The average Bonchev–Trinajstić information content (AvgIpc) is 2.52. The highest BCUT2D eigenvalue weighted by molar-refractivity contribution is 5.96. The molecule has 0 radical (unpaired) electrons. The fourth-order valence-electron chi connectivity index (χ4n) is 2.11. The third kappa shape index (κ3) is 7.54. The number of nitrogens with one attached hydrogen (secondary N) is 1. The van der Waals surface area contributed by atoms with Crippen LogP contribution in [0.25, 0.3) is 0 Å². The summed E-state index contributed by atoms with van der Waals surface area (Å²) in [5.74, 6) is 0.462. The van der Waals surface area contributed by atoms with E-state index in [1.54, 1.807) is 24.3 Å². The van der Waals surface area contributed by atoms with Crippen LogP contribution in [-0.4, -0.2) is 48.4 Å². The van der Waals surface area contributed by atoms with Gasteiger partial charge in [-0.15, -0.1) is 0 Å². The summed E-state index contributed by atoms with van der Waals surface area (Å²) in [5.41, 5.74) is 0.534. The SMILES string of the molecule is CC(=O)c1ccccc1OCC(O)CNCCCCCCO. The van der Waals surface area contributed by atoms with Crippen molar-refractivity contribution in [2.45, 2.75) is 38.7 Å². The number of hydrogen-bond acceptors (Lipinski definition) is 5. The summed E-state index contributed by atoms with van der Waals surface area (Å²) >= 11 is 0. The molecule has 3 N–H and O–H groups in total. The molecule has 0 aliphatic rings. The molecule has 22 heavy (non-hydrogen) atoms.